The fourth-order valence-corrected chi connectivity index (χ4v) is 7.40. The van der Waals surface area contributed by atoms with Crippen molar-refractivity contribution in [1.29, 1.82) is 0 Å². The van der Waals surface area contributed by atoms with Crippen LogP contribution >= 0.6 is 0 Å². The molecule has 10 rings (SSSR count). The molecular formula is C51H33N3O. The smallest absolute Gasteiger partial charge is 0.167 e. The number of furan rings is 1. The second-order valence-corrected chi connectivity index (χ2v) is 13.6. The summed E-state index contributed by atoms with van der Waals surface area (Å²) in [5, 5.41) is 2.07. The SMILES string of the molecule is c1ccc(-c2ccc(-c3nc(-c4ccccc4)nc(-c4ccc(-c5cccc(-c6cccc(-c7ccccc7)c6)c5)c5c4oc4ccccc45)n3)cc2)cc1. The molecule has 2 heterocycles. The number of hydrogen-bond donors (Lipinski definition) is 0. The maximum atomic E-state index is 6.74. The van der Waals surface area contributed by atoms with Gasteiger partial charge in [-0.25, -0.2) is 15.0 Å². The highest BCUT2D eigenvalue weighted by molar-refractivity contribution is 6.16. The third-order valence-corrected chi connectivity index (χ3v) is 10.2. The summed E-state index contributed by atoms with van der Waals surface area (Å²) in [7, 11) is 0. The zero-order valence-electron chi connectivity index (χ0n) is 29.8. The molecule has 0 radical (unpaired) electrons. The minimum absolute atomic E-state index is 0.554. The molecule has 4 heteroatoms. The Hall–Kier alpha value is -7.43. The van der Waals surface area contributed by atoms with Gasteiger partial charge in [-0.3, -0.25) is 0 Å². The summed E-state index contributed by atoms with van der Waals surface area (Å²) in [5.74, 6) is 1.76. The summed E-state index contributed by atoms with van der Waals surface area (Å²) < 4.78 is 6.74. The van der Waals surface area contributed by atoms with Crippen LogP contribution in [0, 0.1) is 0 Å². The topological polar surface area (TPSA) is 51.8 Å². The molecular weight excluding hydrogens is 671 g/mol. The van der Waals surface area contributed by atoms with Gasteiger partial charge in [0.05, 0.1) is 5.56 Å². The van der Waals surface area contributed by atoms with Crippen molar-refractivity contribution < 1.29 is 4.42 Å². The van der Waals surface area contributed by atoms with E-state index < -0.39 is 0 Å². The summed E-state index contributed by atoms with van der Waals surface area (Å²) >= 11 is 0. The van der Waals surface area contributed by atoms with E-state index in [1.807, 2.05) is 48.5 Å². The Balaban J connectivity index is 1.12. The number of aromatic nitrogens is 3. The lowest BCUT2D eigenvalue weighted by molar-refractivity contribution is 0.669. The Bertz CT molecular complexity index is 2950. The quantitative estimate of drug-likeness (QED) is 0.166. The molecule has 10 aromatic rings. The standard InChI is InChI=1S/C51H33N3O/c1-4-14-34(15-5-1)36-26-28-38(29-27-36)50-52-49(37-18-8-3-9-19-37)53-51(54-50)45-31-30-43(47-44-24-10-11-25-46(44)55-48(45)47)42-23-13-22-41(33-42)40-21-12-20-39(32-40)35-16-6-2-7-17-35/h1-33H. The first-order chi connectivity index (χ1) is 27.2. The highest BCUT2D eigenvalue weighted by Crippen LogP contribution is 2.42. The third-order valence-electron chi connectivity index (χ3n) is 10.2. The molecule has 2 aromatic heterocycles. The van der Waals surface area contributed by atoms with Crippen molar-refractivity contribution in [3.63, 3.8) is 0 Å². The number of hydrogen-bond acceptors (Lipinski definition) is 4. The first-order valence-corrected chi connectivity index (χ1v) is 18.4. The molecule has 0 aliphatic carbocycles. The molecule has 0 saturated carbocycles. The Morgan fingerprint density at radius 1 is 0.291 bits per heavy atom. The average molecular weight is 704 g/mol. The van der Waals surface area contributed by atoms with Crippen LogP contribution in [-0.2, 0) is 0 Å². The van der Waals surface area contributed by atoms with Crippen molar-refractivity contribution in [2.24, 2.45) is 0 Å². The van der Waals surface area contributed by atoms with E-state index >= 15 is 0 Å². The maximum Gasteiger partial charge on any atom is 0.167 e. The van der Waals surface area contributed by atoms with Gasteiger partial charge in [-0.2, -0.15) is 0 Å². The van der Waals surface area contributed by atoms with Gasteiger partial charge in [0.25, 0.3) is 0 Å². The molecule has 55 heavy (non-hydrogen) atoms. The fourth-order valence-electron chi connectivity index (χ4n) is 7.40. The van der Waals surface area contributed by atoms with E-state index in [-0.39, 0.29) is 0 Å². The van der Waals surface area contributed by atoms with Crippen LogP contribution in [0.5, 0.6) is 0 Å². The Kier molecular flexibility index (Phi) is 8.12. The molecule has 0 aliphatic rings. The van der Waals surface area contributed by atoms with Gasteiger partial charge in [0.15, 0.2) is 17.5 Å². The van der Waals surface area contributed by atoms with Gasteiger partial charge in [0.2, 0.25) is 0 Å². The predicted octanol–water partition coefficient (Wildman–Crippen LogP) is 13.4. The van der Waals surface area contributed by atoms with Crippen molar-refractivity contribution in [3.05, 3.63) is 200 Å². The molecule has 0 saturated heterocycles. The van der Waals surface area contributed by atoms with Crippen LogP contribution in [0.2, 0.25) is 0 Å². The molecule has 0 aliphatic heterocycles. The summed E-state index contributed by atoms with van der Waals surface area (Å²) in [4.78, 5) is 15.2. The number of para-hydroxylation sites is 1. The van der Waals surface area contributed by atoms with Crippen molar-refractivity contribution in [1.82, 2.24) is 15.0 Å². The first kappa shape index (κ1) is 32.2. The van der Waals surface area contributed by atoms with Gasteiger partial charge in [0.1, 0.15) is 11.2 Å². The first-order valence-electron chi connectivity index (χ1n) is 18.4. The van der Waals surface area contributed by atoms with Gasteiger partial charge in [-0.05, 0) is 68.8 Å². The molecule has 4 nitrogen and oxygen atoms in total. The lowest BCUT2D eigenvalue weighted by Crippen LogP contribution is -2.00. The molecule has 8 aromatic carbocycles. The molecule has 0 amide bonds. The summed E-state index contributed by atoms with van der Waals surface area (Å²) in [6, 6.07) is 69.4. The second kappa shape index (κ2) is 13.8. The van der Waals surface area contributed by atoms with Crippen LogP contribution < -0.4 is 0 Å². The maximum absolute atomic E-state index is 6.74. The molecule has 258 valence electrons. The van der Waals surface area contributed by atoms with Crippen LogP contribution in [0.25, 0.3) is 101 Å². The zero-order chi connectivity index (χ0) is 36.6. The van der Waals surface area contributed by atoms with E-state index in [0.29, 0.717) is 17.5 Å². The van der Waals surface area contributed by atoms with E-state index in [9.17, 15) is 0 Å². The van der Waals surface area contributed by atoms with Crippen LogP contribution in [-0.4, -0.2) is 15.0 Å². The monoisotopic (exact) mass is 703 g/mol. The van der Waals surface area contributed by atoms with Gasteiger partial charge in [-0.1, -0.05) is 176 Å². The summed E-state index contributed by atoms with van der Waals surface area (Å²) in [5.41, 5.74) is 13.4. The van der Waals surface area contributed by atoms with Crippen molar-refractivity contribution in [2.45, 2.75) is 0 Å². The van der Waals surface area contributed by atoms with Gasteiger partial charge < -0.3 is 4.42 Å². The molecule has 0 fully saturated rings. The number of nitrogens with zero attached hydrogens (tertiary/aromatic N) is 3. The largest absolute Gasteiger partial charge is 0.455 e. The normalized spacial score (nSPS) is 11.3. The minimum atomic E-state index is 0.554. The number of fused-ring (bicyclic) bond motifs is 3. The van der Waals surface area contributed by atoms with E-state index in [1.54, 1.807) is 0 Å². The predicted molar refractivity (Wildman–Crippen MR) is 225 cm³/mol. The van der Waals surface area contributed by atoms with Gasteiger partial charge in [-0.15, -0.1) is 0 Å². The Morgan fingerprint density at radius 2 is 0.709 bits per heavy atom. The average Bonchev–Trinajstić information content (AvgIpc) is 3.67. The van der Waals surface area contributed by atoms with Crippen LogP contribution in [0.1, 0.15) is 0 Å². The van der Waals surface area contributed by atoms with Crippen LogP contribution in [0.15, 0.2) is 205 Å². The molecule has 0 bridgehead atoms. The van der Waals surface area contributed by atoms with Crippen LogP contribution in [0.3, 0.4) is 0 Å². The van der Waals surface area contributed by atoms with Crippen molar-refractivity contribution in [2.75, 3.05) is 0 Å². The lowest BCUT2D eigenvalue weighted by atomic mass is 9.93. The van der Waals surface area contributed by atoms with E-state index in [1.165, 1.54) is 11.1 Å². The molecule has 0 unspecified atom stereocenters. The zero-order valence-corrected chi connectivity index (χ0v) is 29.8. The van der Waals surface area contributed by atoms with E-state index in [4.69, 9.17) is 19.4 Å². The van der Waals surface area contributed by atoms with Crippen molar-refractivity contribution >= 4 is 21.9 Å². The Morgan fingerprint density at radius 3 is 1.36 bits per heavy atom. The lowest BCUT2D eigenvalue weighted by Gasteiger charge is -2.12. The molecule has 0 atom stereocenters. The fraction of sp³-hybridized carbons (Fsp3) is 0. The van der Waals surface area contributed by atoms with Gasteiger partial charge >= 0.3 is 0 Å². The second-order valence-electron chi connectivity index (χ2n) is 13.6. The highest BCUT2D eigenvalue weighted by Gasteiger charge is 2.21. The van der Waals surface area contributed by atoms with E-state index in [0.717, 1.165) is 72.0 Å². The highest BCUT2D eigenvalue weighted by atomic mass is 16.3. The number of benzene rings is 8. The third kappa shape index (κ3) is 6.16. The molecule has 0 spiro atoms. The van der Waals surface area contributed by atoms with Crippen LogP contribution in [0.4, 0.5) is 0 Å². The van der Waals surface area contributed by atoms with Crippen molar-refractivity contribution in [3.8, 4) is 78.7 Å². The molecule has 0 N–H and O–H groups in total. The summed E-state index contributed by atoms with van der Waals surface area (Å²) in [6.07, 6.45) is 0. The van der Waals surface area contributed by atoms with Gasteiger partial charge in [0, 0.05) is 21.9 Å². The summed E-state index contributed by atoms with van der Waals surface area (Å²) in [6.45, 7) is 0. The van der Waals surface area contributed by atoms with E-state index in [2.05, 4.69) is 152 Å². The Labute approximate surface area is 319 Å². The number of rotatable bonds is 7. The minimum Gasteiger partial charge on any atom is -0.455 e.